The Kier molecular flexibility index (Phi) is 10.2. The van der Waals surface area contributed by atoms with Crippen LogP contribution in [0.15, 0.2) is 46.9 Å². The summed E-state index contributed by atoms with van der Waals surface area (Å²) in [6.45, 7) is 0.512. The minimum atomic E-state index is -1.64. The number of rotatable bonds is 13. The van der Waals surface area contributed by atoms with Gasteiger partial charge in [0.05, 0.1) is 54.1 Å². The van der Waals surface area contributed by atoms with E-state index in [0.29, 0.717) is 34.9 Å². The summed E-state index contributed by atoms with van der Waals surface area (Å²) in [7, 11) is 13.0. The van der Waals surface area contributed by atoms with Gasteiger partial charge in [-0.2, -0.15) is 9.97 Å². The lowest BCUT2D eigenvalue weighted by atomic mass is 9.72. The Morgan fingerprint density at radius 2 is 1.35 bits per heavy atom. The maximum absolute atomic E-state index is 13.2. The summed E-state index contributed by atoms with van der Waals surface area (Å²) < 4.78 is 34.7. The van der Waals surface area contributed by atoms with Crippen LogP contribution in [0, 0.1) is 0 Å². The van der Waals surface area contributed by atoms with Gasteiger partial charge in [-0.3, -0.25) is 0 Å². The zero-order valence-corrected chi connectivity index (χ0v) is 27.2. The number of benzene rings is 1. The van der Waals surface area contributed by atoms with Crippen LogP contribution in [-0.4, -0.2) is 88.3 Å². The maximum atomic E-state index is 13.2. The van der Waals surface area contributed by atoms with E-state index in [0.717, 1.165) is 15.4 Å². The number of halogens is 1. The van der Waals surface area contributed by atoms with Crippen LogP contribution in [0.2, 0.25) is 0 Å². The van der Waals surface area contributed by atoms with E-state index in [1.807, 2.05) is 43.3 Å². The van der Waals surface area contributed by atoms with E-state index in [1.54, 1.807) is 25.3 Å². The number of aromatic nitrogens is 3. The fourth-order valence-corrected chi connectivity index (χ4v) is 5.51. The van der Waals surface area contributed by atoms with Gasteiger partial charge in [-0.05, 0) is 56.4 Å². The monoisotopic (exact) mass is 656 g/mol. The van der Waals surface area contributed by atoms with Gasteiger partial charge >= 0.3 is 0 Å². The van der Waals surface area contributed by atoms with Crippen molar-refractivity contribution in [3.05, 3.63) is 63.6 Å². The molecule has 0 fully saturated rings. The van der Waals surface area contributed by atoms with Gasteiger partial charge in [0.2, 0.25) is 23.5 Å². The highest BCUT2D eigenvalue weighted by Gasteiger charge is 2.45. The summed E-state index contributed by atoms with van der Waals surface area (Å²) in [6.07, 6.45) is 0.262. The average Bonchev–Trinajstić information content (AvgIpc) is 3.02. The molecule has 0 saturated carbocycles. The molecule has 3 heterocycles. The summed E-state index contributed by atoms with van der Waals surface area (Å²) in [4.78, 5) is 15.8. The standard InChI is InChI=1S/C31H37BrN4O7/c1-36(2)12-11-31(37,19-15-25(39-4)34-26(16-19)40-5)27(22-17-24(38-3)30(43-8)35-29(22)42-7)21-14-18-13-20(32)9-10-23(18)33-28(21)41-6/h9-10,13-17,27,37H,11-12H2,1-8H3/t27-,31+/m0/s1. The van der Waals surface area contributed by atoms with Crippen LogP contribution in [0.3, 0.4) is 0 Å². The van der Waals surface area contributed by atoms with Crippen molar-refractivity contribution in [3.8, 4) is 35.1 Å². The van der Waals surface area contributed by atoms with Gasteiger partial charge in [0, 0.05) is 39.7 Å². The van der Waals surface area contributed by atoms with Crippen LogP contribution in [0.1, 0.15) is 29.0 Å². The number of nitrogens with zero attached hydrogens (tertiary/aromatic N) is 4. The molecule has 12 heteroatoms. The number of pyridine rings is 3. The smallest absolute Gasteiger partial charge is 0.260 e. The molecule has 0 radical (unpaired) electrons. The van der Waals surface area contributed by atoms with Crippen molar-refractivity contribution in [2.24, 2.45) is 0 Å². The third kappa shape index (κ3) is 6.56. The minimum Gasteiger partial charge on any atom is -0.491 e. The van der Waals surface area contributed by atoms with Crippen molar-refractivity contribution >= 4 is 26.8 Å². The van der Waals surface area contributed by atoms with Crippen LogP contribution >= 0.6 is 15.9 Å². The lowest BCUT2D eigenvalue weighted by molar-refractivity contribution is 0.00250. The molecule has 4 rings (SSSR count). The molecule has 11 nitrogen and oxygen atoms in total. The highest BCUT2D eigenvalue weighted by molar-refractivity contribution is 9.10. The van der Waals surface area contributed by atoms with E-state index in [4.69, 9.17) is 33.4 Å². The number of aliphatic hydroxyl groups is 1. The molecule has 1 aromatic carbocycles. The fraction of sp³-hybridized carbons (Fsp3) is 0.387. The molecular formula is C31H37BrN4O7. The summed E-state index contributed by atoms with van der Waals surface area (Å²) in [5, 5.41) is 14.0. The number of hydrogen-bond acceptors (Lipinski definition) is 11. The molecule has 2 atom stereocenters. The Labute approximate surface area is 259 Å². The summed E-state index contributed by atoms with van der Waals surface area (Å²) in [6, 6.07) is 12.9. The highest BCUT2D eigenvalue weighted by atomic mass is 79.9. The first-order valence-corrected chi connectivity index (χ1v) is 14.2. The van der Waals surface area contributed by atoms with E-state index in [1.165, 1.54) is 35.5 Å². The van der Waals surface area contributed by atoms with E-state index in [9.17, 15) is 5.11 Å². The first-order chi connectivity index (χ1) is 20.6. The number of hydrogen-bond donors (Lipinski definition) is 1. The molecule has 0 aliphatic rings. The quantitative estimate of drug-likeness (QED) is 0.214. The van der Waals surface area contributed by atoms with E-state index >= 15 is 0 Å². The Hall–Kier alpha value is -3.87. The summed E-state index contributed by atoms with van der Waals surface area (Å²) in [5.74, 6) is 0.847. The largest absolute Gasteiger partial charge is 0.491 e. The molecule has 0 aliphatic heterocycles. The van der Waals surface area contributed by atoms with Crippen molar-refractivity contribution in [2.75, 3.05) is 63.3 Å². The molecule has 0 spiro atoms. The van der Waals surface area contributed by atoms with Gasteiger partial charge in [-0.15, -0.1) is 0 Å². The number of methoxy groups -OCH3 is 6. The van der Waals surface area contributed by atoms with Crippen molar-refractivity contribution in [2.45, 2.75) is 17.9 Å². The van der Waals surface area contributed by atoms with E-state index in [2.05, 4.69) is 25.9 Å². The molecule has 1 N–H and O–H groups in total. The van der Waals surface area contributed by atoms with Gasteiger partial charge < -0.3 is 38.4 Å². The molecule has 43 heavy (non-hydrogen) atoms. The van der Waals surface area contributed by atoms with Crippen LogP contribution in [0.25, 0.3) is 10.9 Å². The SMILES string of the molecule is COc1cc([C@](O)(CCN(C)C)[C@H](c2cc(OC)c(OC)nc2OC)c2cc3cc(Br)ccc3nc2OC)cc(OC)n1. The van der Waals surface area contributed by atoms with Crippen molar-refractivity contribution in [1.82, 2.24) is 19.9 Å². The molecule has 4 aromatic rings. The van der Waals surface area contributed by atoms with Crippen LogP contribution in [-0.2, 0) is 5.60 Å². The third-order valence-corrected chi connectivity index (χ3v) is 7.75. The first-order valence-electron chi connectivity index (χ1n) is 13.4. The van der Waals surface area contributed by atoms with Crippen LogP contribution < -0.4 is 28.4 Å². The molecular weight excluding hydrogens is 620 g/mol. The van der Waals surface area contributed by atoms with Crippen molar-refractivity contribution in [1.29, 1.82) is 0 Å². The first kappa shape index (κ1) is 32.1. The molecule has 230 valence electrons. The third-order valence-electron chi connectivity index (χ3n) is 7.25. The van der Waals surface area contributed by atoms with E-state index in [-0.39, 0.29) is 29.9 Å². The van der Waals surface area contributed by atoms with Gasteiger partial charge in [0.25, 0.3) is 5.88 Å². The minimum absolute atomic E-state index is 0.232. The topological polar surface area (TPSA) is 118 Å². The Bertz CT molecular complexity index is 1560. The second kappa shape index (κ2) is 13.6. The van der Waals surface area contributed by atoms with Gasteiger partial charge in [-0.1, -0.05) is 15.9 Å². The molecule has 0 aliphatic carbocycles. The molecule has 0 amide bonds. The van der Waals surface area contributed by atoms with Crippen LogP contribution in [0.4, 0.5) is 0 Å². The fourth-order valence-electron chi connectivity index (χ4n) is 5.13. The Morgan fingerprint density at radius 1 is 0.744 bits per heavy atom. The predicted octanol–water partition coefficient (Wildman–Crippen LogP) is 4.81. The lowest BCUT2D eigenvalue weighted by Gasteiger charge is -2.39. The normalized spacial score (nSPS) is 13.4. The Balaban J connectivity index is 2.17. The number of ether oxygens (including phenoxy) is 6. The zero-order chi connectivity index (χ0) is 31.3. The zero-order valence-electron chi connectivity index (χ0n) is 25.6. The van der Waals surface area contributed by atoms with Crippen LogP contribution in [0.5, 0.6) is 35.1 Å². The maximum Gasteiger partial charge on any atom is 0.260 e. The molecule has 0 unspecified atom stereocenters. The van der Waals surface area contributed by atoms with Gasteiger partial charge in [-0.25, -0.2) is 4.98 Å². The van der Waals surface area contributed by atoms with E-state index < -0.39 is 11.5 Å². The van der Waals surface area contributed by atoms with Crippen molar-refractivity contribution in [3.63, 3.8) is 0 Å². The second-order valence-corrected chi connectivity index (χ2v) is 11.0. The average molecular weight is 658 g/mol. The number of fused-ring (bicyclic) bond motifs is 1. The molecule has 0 bridgehead atoms. The highest BCUT2D eigenvalue weighted by Crippen LogP contribution is 2.51. The molecule has 3 aromatic heterocycles. The van der Waals surface area contributed by atoms with Gasteiger partial charge in [0.15, 0.2) is 5.75 Å². The predicted molar refractivity (Wildman–Crippen MR) is 166 cm³/mol. The van der Waals surface area contributed by atoms with Gasteiger partial charge in [0.1, 0.15) is 5.60 Å². The lowest BCUT2D eigenvalue weighted by Crippen LogP contribution is -2.38. The molecule has 0 saturated heterocycles. The Morgan fingerprint density at radius 3 is 1.91 bits per heavy atom. The summed E-state index contributed by atoms with van der Waals surface area (Å²) >= 11 is 3.57. The second-order valence-electron chi connectivity index (χ2n) is 10.1. The summed E-state index contributed by atoms with van der Waals surface area (Å²) in [5.41, 5.74) is 0.694. The van der Waals surface area contributed by atoms with Crippen molar-refractivity contribution < 1.29 is 33.5 Å².